The van der Waals surface area contributed by atoms with E-state index in [-0.39, 0.29) is 0 Å². The number of aliphatic carboxylic acids is 1. The van der Waals surface area contributed by atoms with Gasteiger partial charge in [0.15, 0.2) is 11.2 Å². The standard InChI is InChI=1S/C17H20N6O3.C2HF3O2/c1-21-14-13(15(24)20-17(21)25)23(11-5-3-4-6-12(11)26-2)16(19-14)22-9-7-18-8-10-22;3-2(4,5)1(6)7/h3-6,18H,7-10H2,1-2H3,(H,20,24,25);(H,6,7). The number of hydrogen-bond donors (Lipinski definition) is 3. The van der Waals surface area contributed by atoms with Gasteiger partial charge >= 0.3 is 17.8 Å². The smallest absolute Gasteiger partial charge is 0.490 e. The first-order valence-electron chi connectivity index (χ1n) is 9.67. The molecule has 2 aromatic heterocycles. The van der Waals surface area contributed by atoms with Crippen molar-refractivity contribution < 1.29 is 27.8 Å². The number of fused-ring (bicyclic) bond motifs is 1. The summed E-state index contributed by atoms with van der Waals surface area (Å²) in [5.74, 6) is -1.51. The molecule has 0 bridgehead atoms. The van der Waals surface area contributed by atoms with Gasteiger partial charge in [0.25, 0.3) is 5.56 Å². The summed E-state index contributed by atoms with van der Waals surface area (Å²) in [7, 11) is 3.18. The molecule has 3 aromatic rings. The van der Waals surface area contributed by atoms with Crippen LogP contribution in [-0.2, 0) is 11.8 Å². The molecule has 1 aliphatic rings. The molecule has 11 nitrogen and oxygen atoms in total. The molecule has 0 saturated carbocycles. The molecular weight excluding hydrogens is 449 g/mol. The van der Waals surface area contributed by atoms with Gasteiger partial charge in [0.05, 0.1) is 12.8 Å². The van der Waals surface area contributed by atoms with Gasteiger partial charge in [0.2, 0.25) is 5.95 Å². The molecule has 1 saturated heterocycles. The number of ether oxygens (including phenoxy) is 1. The van der Waals surface area contributed by atoms with Crippen LogP contribution in [0.25, 0.3) is 16.9 Å². The van der Waals surface area contributed by atoms with Crippen LogP contribution >= 0.6 is 0 Å². The number of nitrogens with one attached hydrogen (secondary N) is 2. The number of piperazine rings is 1. The van der Waals surface area contributed by atoms with Crippen LogP contribution in [0.4, 0.5) is 19.1 Å². The van der Waals surface area contributed by atoms with E-state index in [4.69, 9.17) is 14.6 Å². The second-order valence-corrected chi connectivity index (χ2v) is 6.95. The van der Waals surface area contributed by atoms with Crippen molar-refractivity contribution in [2.24, 2.45) is 7.05 Å². The van der Waals surface area contributed by atoms with E-state index >= 15 is 0 Å². The molecule has 14 heteroatoms. The molecule has 0 spiro atoms. The minimum absolute atomic E-state index is 0.324. The number of aromatic amines is 1. The number of carboxylic acids is 1. The molecule has 1 aromatic carbocycles. The van der Waals surface area contributed by atoms with Crippen molar-refractivity contribution in [1.82, 2.24) is 24.4 Å². The van der Waals surface area contributed by atoms with Crippen molar-refractivity contribution in [2.75, 3.05) is 38.2 Å². The Morgan fingerprint density at radius 1 is 1.18 bits per heavy atom. The molecule has 3 N–H and O–H groups in total. The fourth-order valence-corrected chi connectivity index (χ4v) is 3.29. The Balaban J connectivity index is 0.000000383. The van der Waals surface area contributed by atoms with Gasteiger partial charge in [-0.05, 0) is 12.1 Å². The minimum atomic E-state index is -5.08. The molecule has 178 valence electrons. The number of H-pyrrole nitrogens is 1. The highest BCUT2D eigenvalue weighted by molar-refractivity contribution is 5.78. The molecule has 33 heavy (non-hydrogen) atoms. The maximum Gasteiger partial charge on any atom is 0.490 e. The van der Waals surface area contributed by atoms with Gasteiger partial charge in [-0.15, -0.1) is 0 Å². The number of anilines is 1. The van der Waals surface area contributed by atoms with Crippen LogP contribution in [-0.4, -0.2) is 69.6 Å². The molecule has 0 amide bonds. The fourth-order valence-electron chi connectivity index (χ4n) is 3.29. The number of para-hydroxylation sites is 2. The number of hydrogen-bond acceptors (Lipinski definition) is 7. The van der Waals surface area contributed by atoms with Gasteiger partial charge in [0, 0.05) is 33.2 Å². The summed E-state index contributed by atoms with van der Waals surface area (Å²) in [6, 6.07) is 7.45. The predicted molar refractivity (Wildman–Crippen MR) is 112 cm³/mol. The van der Waals surface area contributed by atoms with Crippen LogP contribution in [0.1, 0.15) is 0 Å². The quantitative estimate of drug-likeness (QED) is 0.503. The summed E-state index contributed by atoms with van der Waals surface area (Å²) in [4.78, 5) is 42.7. The Morgan fingerprint density at radius 3 is 2.36 bits per heavy atom. The van der Waals surface area contributed by atoms with Crippen molar-refractivity contribution in [3.8, 4) is 11.4 Å². The molecule has 1 fully saturated rings. The Bertz CT molecular complexity index is 1270. The monoisotopic (exact) mass is 470 g/mol. The highest BCUT2D eigenvalue weighted by atomic mass is 19.4. The van der Waals surface area contributed by atoms with E-state index in [1.807, 2.05) is 24.3 Å². The van der Waals surface area contributed by atoms with E-state index in [9.17, 15) is 22.8 Å². The molecule has 0 radical (unpaired) electrons. The summed E-state index contributed by atoms with van der Waals surface area (Å²) in [6.45, 7) is 3.16. The summed E-state index contributed by atoms with van der Waals surface area (Å²) in [6.07, 6.45) is -5.08. The number of aromatic nitrogens is 4. The van der Waals surface area contributed by atoms with Crippen LogP contribution < -0.4 is 26.2 Å². The van der Waals surface area contributed by atoms with Gasteiger partial charge in [-0.3, -0.25) is 18.9 Å². The Morgan fingerprint density at radius 2 is 1.79 bits per heavy atom. The van der Waals surface area contributed by atoms with Gasteiger partial charge in [-0.2, -0.15) is 18.2 Å². The first kappa shape index (κ1) is 23.8. The van der Waals surface area contributed by atoms with Crippen molar-refractivity contribution in [3.05, 3.63) is 45.1 Å². The van der Waals surface area contributed by atoms with Crippen LogP contribution in [0.5, 0.6) is 5.75 Å². The zero-order valence-electron chi connectivity index (χ0n) is 17.6. The molecular formula is C19H21F3N6O5. The molecule has 0 aliphatic carbocycles. The summed E-state index contributed by atoms with van der Waals surface area (Å²) < 4.78 is 40.4. The third-order valence-electron chi connectivity index (χ3n) is 4.87. The van der Waals surface area contributed by atoms with E-state index in [1.165, 1.54) is 4.57 Å². The first-order valence-corrected chi connectivity index (χ1v) is 9.67. The van der Waals surface area contributed by atoms with Crippen LogP contribution in [0.3, 0.4) is 0 Å². The molecule has 3 heterocycles. The van der Waals surface area contributed by atoms with Crippen LogP contribution in [0, 0.1) is 0 Å². The zero-order chi connectivity index (χ0) is 24.3. The topological polar surface area (TPSA) is 134 Å². The largest absolute Gasteiger partial charge is 0.495 e. The SMILES string of the molecule is COc1ccccc1-n1c(N2CCNCC2)nc2c1c(=O)[nH]c(=O)n2C.O=C(O)C(F)(F)F. The maximum absolute atomic E-state index is 12.6. The van der Waals surface area contributed by atoms with E-state index in [0.717, 1.165) is 26.2 Å². The average Bonchev–Trinajstić information content (AvgIpc) is 3.19. The van der Waals surface area contributed by atoms with Crippen LogP contribution in [0.2, 0.25) is 0 Å². The number of alkyl halides is 3. The Kier molecular flexibility index (Phi) is 6.76. The third kappa shape index (κ3) is 4.84. The Hall–Kier alpha value is -3.81. The van der Waals surface area contributed by atoms with Crippen LogP contribution in [0.15, 0.2) is 33.9 Å². The lowest BCUT2D eigenvalue weighted by atomic mass is 10.3. The number of halogens is 3. The van der Waals surface area contributed by atoms with Crippen molar-refractivity contribution in [1.29, 1.82) is 0 Å². The number of methoxy groups -OCH3 is 1. The maximum atomic E-state index is 12.6. The number of carboxylic acid groups (broad SMARTS) is 1. The van der Waals surface area contributed by atoms with Crippen molar-refractivity contribution in [3.63, 3.8) is 0 Å². The third-order valence-corrected chi connectivity index (χ3v) is 4.87. The number of rotatable bonds is 3. The first-order chi connectivity index (χ1) is 15.6. The van der Waals surface area contributed by atoms with E-state index in [0.29, 0.717) is 28.5 Å². The lowest BCUT2D eigenvalue weighted by Crippen LogP contribution is -2.44. The molecule has 0 unspecified atom stereocenters. The van der Waals surface area contributed by atoms with Gasteiger partial charge in [-0.25, -0.2) is 9.59 Å². The summed E-state index contributed by atoms with van der Waals surface area (Å²) in [5.41, 5.74) is 0.417. The van der Waals surface area contributed by atoms with E-state index in [2.05, 4.69) is 20.2 Å². The van der Waals surface area contributed by atoms with Gasteiger partial charge < -0.3 is 20.1 Å². The van der Waals surface area contributed by atoms with Crippen molar-refractivity contribution >= 4 is 23.1 Å². The number of aryl methyl sites for hydroxylation is 1. The van der Waals surface area contributed by atoms with Crippen molar-refractivity contribution in [2.45, 2.75) is 6.18 Å². The molecule has 1 aliphatic heterocycles. The number of benzene rings is 1. The number of nitrogens with zero attached hydrogens (tertiary/aromatic N) is 4. The number of carbonyl (C=O) groups is 1. The molecule has 4 rings (SSSR count). The van der Waals surface area contributed by atoms with E-state index in [1.54, 1.807) is 18.7 Å². The fraction of sp³-hybridized carbons (Fsp3) is 0.368. The lowest BCUT2D eigenvalue weighted by Gasteiger charge is -2.29. The highest BCUT2D eigenvalue weighted by Gasteiger charge is 2.38. The second kappa shape index (κ2) is 9.36. The lowest BCUT2D eigenvalue weighted by molar-refractivity contribution is -0.192. The normalized spacial score (nSPS) is 14.0. The Labute approximate surface area is 184 Å². The van der Waals surface area contributed by atoms with Gasteiger partial charge in [0.1, 0.15) is 5.75 Å². The zero-order valence-corrected chi connectivity index (χ0v) is 17.6. The minimum Gasteiger partial charge on any atom is -0.495 e. The van der Waals surface area contributed by atoms with E-state index < -0.39 is 23.4 Å². The summed E-state index contributed by atoms with van der Waals surface area (Å²) >= 11 is 0. The average molecular weight is 470 g/mol. The number of imidazole rings is 1. The summed E-state index contributed by atoms with van der Waals surface area (Å²) in [5, 5.41) is 10.4. The molecule has 0 atom stereocenters. The predicted octanol–water partition coefficient (Wildman–Crippen LogP) is 0.464. The highest BCUT2D eigenvalue weighted by Crippen LogP contribution is 2.30. The van der Waals surface area contributed by atoms with Gasteiger partial charge in [-0.1, -0.05) is 12.1 Å². The second-order valence-electron chi connectivity index (χ2n) is 6.95.